The molecule has 11 heteroatoms. The topological polar surface area (TPSA) is 105 Å². The zero-order chi connectivity index (χ0) is 25.1. The lowest BCUT2D eigenvalue weighted by Gasteiger charge is -2.39. The Hall–Kier alpha value is -2.37. The van der Waals surface area contributed by atoms with E-state index in [4.69, 9.17) is 9.16 Å². The molecule has 1 aliphatic heterocycles. The van der Waals surface area contributed by atoms with E-state index in [0.29, 0.717) is 28.0 Å². The minimum Gasteiger partial charge on any atom is -0.506 e. The van der Waals surface area contributed by atoms with Crippen molar-refractivity contribution in [2.75, 3.05) is 17.5 Å². The lowest BCUT2D eigenvalue weighted by molar-refractivity contribution is -0.117. The molecule has 1 atom stereocenters. The zero-order valence-corrected chi connectivity index (χ0v) is 21.8. The van der Waals surface area contributed by atoms with Crippen LogP contribution in [-0.4, -0.2) is 47.0 Å². The summed E-state index contributed by atoms with van der Waals surface area (Å²) in [7, 11) is -6.27. The maximum Gasteiger partial charge on any atom is 0.326 e. The summed E-state index contributed by atoms with van der Waals surface area (Å²) in [6.07, 6.45) is 2.13. The van der Waals surface area contributed by atoms with E-state index in [0.717, 1.165) is 12.8 Å². The Morgan fingerprint density at radius 3 is 2.50 bits per heavy atom. The van der Waals surface area contributed by atoms with Gasteiger partial charge in [0.15, 0.2) is 14.1 Å². The van der Waals surface area contributed by atoms with Gasteiger partial charge >= 0.3 is 10.2 Å². The third-order valence-electron chi connectivity index (χ3n) is 6.89. The molecule has 0 spiro atoms. The summed E-state index contributed by atoms with van der Waals surface area (Å²) in [6, 6.07) is 6.01. The lowest BCUT2D eigenvalue weighted by Crippen LogP contribution is -2.46. The molecule has 2 fully saturated rings. The maximum absolute atomic E-state index is 15.4. The zero-order valence-electron chi connectivity index (χ0n) is 20.0. The Bertz CT molecular complexity index is 1240. The van der Waals surface area contributed by atoms with Crippen molar-refractivity contribution in [1.29, 1.82) is 0 Å². The number of phenolic OH excluding ortho intramolecular Hbond substituents is 1. The largest absolute Gasteiger partial charge is 0.506 e. The van der Waals surface area contributed by atoms with Crippen LogP contribution in [0.1, 0.15) is 33.6 Å². The smallest absolute Gasteiger partial charge is 0.326 e. The van der Waals surface area contributed by atoms with Crippen LogP contribution in [0.15, 0.2) is 24.3 Å². The highest BCUT2D eigenvalue weighted by Crippen LogP contribution is 2.43. The molecule has 1 saturated heterocycles. The molecule has 0 bridgehead atoms. The second-order valence-corrected chi connectivity index (χ2v) is 16.9. The maximum atomic E-state index is 15.4. The molecule has 186 valence electrons. The van der Waals surface area contributed by atoms with Crippen LogP contribution in [0.2, 0.25) is 18.1 Å². The molecule has 2 aromatic carbocycles. The van der Waals surface area contributed by atoms with Crippen LogP contribution in [0.3, 0.4) is 0 Å². The number of ether oxygens (including phenoxy) is 1. The molecule has 2 aromatic rings. The number of hydrogen-bond acceptors (Lipinski definition) is 6. The minimum atomic E-state index is -4.28. The van der Waals surface area contributed by atoms with Crippen molar-refractivity contribution in [3.8, 4) is 11.5 Å². The van der Waals surface area contributed by atoms with E-state index in [1.807, 2.05) is 0 Å². The van der Waals surface area contributed by atoms with Crippen molar-refractivity contribution in [3.63, 3.8) is 0 Å². The van der Waals surface area contributed by atoms with Gasteiger partial charge in [0.2, 0.25) is 0 Å². The van der Waals surface area contributed by atoms with Gasteiger partial charge in [0.25, 0.3) is 5.91 Å². The van der Waals surface area contributed by atoms with E-state index in [9.17, 15) is 18.3 Å². The predicted octanol–water partition coefficient (Wildman–Crippen LogP) is 4.04. The Balaban J connectivity index is 1.60. The first-order valence-corrected chi connectivity index (χ1v) is 15.6. The van der Waals surface area contributed by atoms with Crippen molar-refractivity contribution in [2.45, 2.75) is 57.8 Å². The quantitative estimate of drug-likeness (QED) is 0.545. The molecule has 2 N–H and O–H groups in total. The number of carbonyl (C=O) groups excluding carboxylic acids is 1. The number of carbonyl (C=O) groups is 1. The van der Waals surface area contributed by atoms with Gasteiger partial charge in [-0.25, -0.2) is 13.4 Å². The van der Waals surface area contributed by atoms with Crippen LogP contribution in [0, 0.1) is 11.7 Å². The van der Waals surface area contributed by atoms with E-state index < -0.39 is 48.2 Å². The van der Waals surface area contributed by atoms with Gasteiger partial charge in [-0.3, -0.25) is 4.79 Å². The van der Waals surface area contributed by atoms with Crippen LogP contribution >= 0.6 is 0 Å². The van der Waals surface area contributed by atoms with Crippen molar-refractivity contribution < 1.29 is 31.9 Å². The van der Waals surface area contributed by atoms with Crippen molar-refractivity contribution in [3.05, 3.63) is 30.1 Å². The van der Waals surface area contributed by atoms with Crippen LogP contribution in [0.4, 0.5) is 10.1 Å². The van der Waals surface area contributed by atoms with E-state index in [1.165, 1.54) is 12.1 Å². The number of amides is 1. The number of nitrogens with one attached hydrogen (secondary N) is 1. The average molecular weight is 511 g/mol. The number of halogens is 1. The number of benzene rings is 2. The molecule has 1 heterocycles. The van der Waals surface area contributed by atoms with Crippen molar-refractivity contribution >= 4 is 40.9 Å². The molecule has 34 heavy (non-hydrogen) atoms. The first kappa shape index (κ1) is 24.7. The fourth-order valence-corrected chi connectivity index (χ4v) is 6.28. The van der Waals surface area contributed by atoms with E-state index in [2.05, 4.69) is 33.9 Å². The lowest BCUT2D eigenvalue weighted by atomic mass is 10.1. The fraction of sp³-hybridized carbons (Fsp3) is 0.522. The van der Waals surface area contributed by atoms with Crippen LogP contribution in [-0.2, 0) is 19.4 Å². The average Bonchev–Trinajstić information content (AvgIpc) is 3.50. The SMILES string of the molecule is CC(C)(C)[Si](C)(C)OC(COc1ccc2cc(O)c(N3CC(=O)NS3(=O)=O)c(F)c2c1)C1CC1. The minimum absolute atomic E-state index is 0.0522. The molecule has 4 rings (SSSR count). The second-order valence-electron chi connectivity index (χ2n) is 10.5. The first-order valence-electron chi connectivity index (χ1n) is 11.3. The molecule has 1 amide bonds. The summed E-state index contributed by atoms with van der Waals surface area (Å²) in [4.78, 5) is 11.6. The van der Waals surface area contributed by atoms with Gasteiger partial charge in [0.1, 0.15) is 30.3 Å². The molecular formula is C23H31FN2O6SSi. The Kier molecular flexibility index (Phi) is 6.10. The number of rotatable bonds is 7. The van der Waals surface area contributed by atoms with Gasteiger partial charge in [-0.1, -0.05) is 26.8 Å². The summed E-state index contributed by atoms with van der Waals surface area (Å²) in [5.41, 5.74) is -0.569. The van der Waals surface area contributed by atoms with Gasteiger partial charge < -0.3 is 14.3 Å². The number of aromatic hydroxyl groups is 1. The highest BCUT2D eigenvalue weighted by molar-refractivity contribution is 7.92. The molecule has 1 aliphatic carbocycles. The molecule has 1 unspecified atom stereocenters. The van der Waals surface area contributed by atoms with Gasteiger partial charge in [-0.2, -0.15) is 8.42 Å². The highest BCUT2D eigenvalue weighted by Gasteiger charge is 2.43. The first-order chi connectivity index (χ1) is 15.7. The summed E-state index contributed by atoms with van der Waals surface area (Å²) in [6.45, 7) is 10.7. The normalized spacial score (nSPS) is 19.4. The van der Waals surface area contributed by atoms with Gasteiger partial charge in [0, 0.05) is 5.39 Å². The third kappa shape index (κ3) is 4.73. The highest BCUT2D eigenvalue weighted by atomic mass is 32.2. The second kappa shape index (κ2) is 8.38. The molecule has 0 radical (unpaired) electrons. The molecule has 1 saturated carbocycles. The number of anilines is 1. The van der Waals surface area contributed by atoms with Crippen molar-refractivity contribution in [1.82, 2.24) is 4.72 Å². The van der Waals surface area contributed by atoms with Gasteiger partial charge in [-0.05, 0) is 60.5 Å². The third-order valence-corrected chi connectivity index (χ3v) is 12.8. The summed E-state index contributed by atoms with van der Waals surface area (Å²) in [5.74, 6) is -1.47. The molecular weight excluding hydrogens is 479 g/mol. The Morgan fingerprint density at radius 1 is 1.26 bits per heavy atom. The Labute approximate surface area is 200 Å². The predicted molar refractivity (Wildman–Crippen MR) is 130 cm³/mol. The van der Waals surface area contributed by atoms with E-state index in [-0.39, 0.29) is 16.5 Å². The standard InChI is InChI=1S/C23H31FN2O6SSi/c1-23(2,3)34(4,5)32-19(14-6-7-14)13-31-16-9-8-15-10-18(27)22(21(24)17(15)11-16)26-12-20(28)25-33(26,29)30/h8-11,14,19,27H,6-7,12-13H2,1-5H3,(H,25,28). The van der Waals surface area contributed by atoms with Gasteiger partial charge in [0.05, 0.1) is 6.10 Å². The van der Waals surface area contributed by atoms with E-state index in [1.54, 1.807) is 16.9 Å². The van der Waals surface area contributed by atoms with Gasteiger partial charge in [-0.15, -0.1) is 0 Å². The monoisotopic (exact) mass is 510 g/mol. The van der Waals surface area contributed by atoms with E-state index >= 15 is 4.39 Å². The fourth-order valence-electron chi connectivity index (χ4n) is 3.75. The number of fused-ring (bicyclic) bond motifs is 1. The number of phenols is 1. The number of hydrogen-bond donors (Lipinski definition) is 2. The summed E-state index contributed by atoms with van der Waals surface area (Å²) >= 11 is 0. The van der Waals surface area contributed by atoms with Crippen LogP contribution in [0.25, 0.3) is 10.8 Å². The molecule has 2 aliphatic rings. The Morgan fingerprint density at radius 2 is 1.94 bits per heavy atom. The molecule has 0 aromatic heterocycles. The summed E-state index contributed by atoms with van der Waals surface area (Å²) < 4.78 is 54.7. The van der Waals surface area contributed by atoms with Crippen LogP contribution in [0.5, 0.6) is 11.5 Å². The summed E-state index contributed by atoms with van der Waals surface area (Å²) in [5, 5.41) is 10.8. The number of nitrogens with zero attached hydrogens (tertiary/aromatic N) is 1. The molecule has 8 nitrogen and oxygen atoms in total. The van der Waals surface area contributed by atoms with Crippen LogP contribution < -0.4 is 13.8 Å². The van der Waals surface area contributed by atoms with Crippen molar-refractivity contribution in [2.24, 2.45) is 5.92 Å².